The summed E-state index contributed by atoms with van der Waals surface area (Å²) < 4.78 is 0. The van der Waals surface area contributed by atoms with Gasteiger partial charge in [-0.25, -0.2) is 0 Å². The van der Waals surface area contributed by atoms with Crippen LogP contribution in [0.1, 0.15) is 0 Å². The molecule has 0 aliphatic carbocycles. The molecular weight excluding hydrogens is 388 g/mol. The van der Waals surface area contributed by atoms with E-state index in [1.165, 1.54) is 12.1 Å². The van der Waals surface area contributed by atoms with Crippen LogP contribution in [0, 0.1) is 10.1 Å². The molecule has 0 saturated carbocycles. The fourth-order valence-electron chi connectivity index (χ4n) is 1.03. The zero-order valence-corrected chi connectivity index (χ0v) is 13.1. The number of benzene rings is 1. The van der Waals surface area contributed by atoms with Crippen LogP contribution in [0.3, 0.4) is 0 Å². The van der Waals surface area contributed by atoms with Crippen molar-refractivity contribution in [1.29, 1.82) is 0 Å². The van der Waals surface area contributed by atoms with Crippen LogP contribution in [0.15, 0.2) is 29.2 Å². The molecule has 0 radical (unpaired) electrons. The van der Waals surface area contributed by atoms with Crippen LogP contribution in [-0.2, 0) is 0 Å². The molecule has 1 aromatic carbocycles. The topological polar surface area (TPSA) is 72.2 Å². The van der Waals surface area contributed by atoms with E-state index in [1.54, 1.807) is 12.1 Å². The summed E-state index contributed by atoms with van der Waals surface area (Å²) in [6.07, 6.45) is 0. The van der Waals surface area contributed by atoms with Gasteiger partial charge in [0.25, 0.3) is 10.9 Å². The van der Waals surface area contributed by atoms with Gasteiger partial charge < -0.3 is 5.32 Å². The van der Waals surface area contributed by atoms with Crippen LogP contribution < -0.4 is 5.32 Å². The van der Waals surface area contributed by atoms with Crippen molar-refractivity contribution in [2.45, 2.75) is 9.72 Å². The number of nitrogens with one attached hydrogen (secondary N) is 1. The van der Waals surface area contributed by atoms with Gasteiger partial charge in [0.15, 0.2) is 0 Å². The summed E-state index contributed by atoms with van der Waals surface area (Å²) in [7, 11) is 0. The van der Waals surface area contributed by atoms with E-state index in [0.29, 0.717) is 11.4 Å². The quantitative estimate of drug-likeness (QED) is 0.357. The van der Waals surface area contributed by atoms with Crippen LogP contribution in [-0.4, -0.2) is 26.9 Å². The minimum absolute atomic E-state index is 0.0135. The number of carbonyl (C=O) groups is 1. The van der Waals surface area contributed by atoms with Gasteiger partial charge in [-0.2, -0.15) is 0 Å². The molecule has 0 aromatic heterocycles. The van der Waals surface area contributed by atoms with Crippen LogP contribution in [0.5, 0.6) is 0 Å². The number of nitro benzene ring substituents is 1. The maximum atomic E-state index is 11.5. The first-order chi connectivity index (χ1) is 8.52. The molecule has 0 heterocycles. The van der Waals surface area contributed by atoms with Crippen molar-refractivity contribution in [3.05, 3.63) is 34.4 Å². The van der Waals surface area contributed by atoms with E-state index >= 15 is 0 Å². The molecule has 1 unspecified atom stereocenters. The fraction of sp³-hybridized carbons (Fsp3) is 0.300. The molecule has 1 amide bonds. The Bertz CT molecular complexity index is 428. The first-order valence-corrected chi connectivity index (χ1v) is 7.78. The summed E-state index contributed by atoms with van der Waals surface area (Å²) in [5, 5.41) is 13.7. The molecule has 5 nitrogen and oxygen atoms in total. The number of amides is 1. The second kappa shape index (κ2) is 7.75. The number of alkyl halides is 2. The second-order valence-electron chi connectivity index (χ2n) is 3.27. The lowest BCUT2D eigenvalue weighted by Gasteiger charge is -2.07. The maximum Gasteiger partial charge on any atom is 0.283 e. The van der Waals surface area contributed by atoms with Crippen LogP contribution in [0.4, 0.5) is 10.5 Å². The third-order valence-corrected chi connectivity index (χ3v) is 5.03. The van der Waals surface area contributed by atoms with Crippen LogP contribution in [0.2, 0.25) is 0 Å². The number of nitro groups is 1. The third-order valence-electron chi connectivity index (χ3n) is 1.89. The van der Waals surface area contributed by atoms with Gasteiger partial charge in [0.2, 0.25) is 0 Å². The molecule has 1 rings (SSSR count). The average Bonchev–Trinajstić information content (AvgIpc) is 2.36. The van der Waals surface area contributed by atoms with Crippen molar-refractivity contribution in [3.63, 3.8) is 0 Å². The van der Waals surface area contributed by atoms with Gasteiger partial charge in [-0.05, 0) is 23.9 Å². The summed E-state index contributed by atoms with van der Waals surface area (Å²) in [6, 6.07) is 5.86. The Kier molecular flexibility index (Phi) is 6.66. The van der Waals surface area contributed by atoms with Gasteiger partial charge >= 0.3 is 0 Å². The van der Waals surface area contributed by atoms with Crippen LogP contribution in [0.25, 0.3) is 0 Å². The van der Waals surface area contributed by atoms with E-state index < -0.39 is 4.92 Å². The molecule has 1 atom stereocenters. The Balaban J connectivity index is 2.47. The summed E-state index contributed by atoms with van der Waals surface area (Å²) in [5.41, 5.74) is 0.0135. The highest BCUT2D eigenvalue weighted by Gasteiger charge is 2.09. The Morgan fingerprint density at radius 3 is 2.56 bits per heavy atom. The van der Waals surface area contributed by atoms with E-state index in [-0.39, 0.29) is 15.8 Å². The molecule has 1 aromatic rings. The molecule has 0 spiro atoms. The van der Waals surface area contributed by atoms with Crippen LogP contribution >= 0.6 is 43.6 Å². The first-order valence-electron chi connectivity index (χ1n) is 4.93. The molecule has 0 fully saturated rings. The number of nitrogens with zero attached hydrogens (tertiary/aromatic N) is 1. The molecule has 18 heavy (non-hydrogen) atoms. The molecule has 0 aliphatic heterocycles. The highest BCUT2D eigenvalue weighted by atomic mass is 79.9. The third kappa shape index (κ3) is 5.36. The number of hydrogen-bond acceptors (Lipinski definition) is 4. The Morgan fingerprint density at radius 1 is 1.44 bits per heavy atom. The van der Waals surface area contributed by atoms with Gasteiger partial charge in [-0.1, -0.05) is 31.9 Å². The summed E-state index contributed by atoms with van der Waals surface area (Å²) in [5.74, 6) is 0. The molecule has 98 valence electrons. The number of non-ortho nitro benzene ring substituents is 1. The molecule has 0 aliphatic rings. The van der Waals surface area contributed by atoms with Gasteiger partial charge in [0.1, 0.15) is 0 Å². The first kappa shape index (κ1) is 15.5. The largest absolute Gasteiger partial charge is 0.346 e. The molecule has 1 N–H and O–H groups in total. The molecular formula is C10H10Br2N2O3S. The zero-order valence-electron chi connectivity index (χ0n) is 9.14. The Morgan fingerprint density at radius 2 is 2.06 bits per heavy atom. The van der Waals surface area contributed by atoms with E-state index in [1.807, 2.05) is 0 Å². The maximum absolute atomic E-state index is 11.5. The highest BCUT2D eigenvalue weighted by Crippen LogP contribution is 2.21. The fourth-order valence-corrected chi connectivity index (χ4v) is 2.06. The standard InChI is InChI=1S/C10H10Br2N2O3S/c11-5-7(12)6-13-10(15)18-9-3-1-8(2-4-9)14(16)17/h1-4,7H,5-6H2,(H,13,15). The molecule has 0 bridgehead atoms. The normalized spacial score (nSPS) is 11.9. The van der Waals surface area contributed by atoms with Crippen molar-refractivity contribution >= 4 is 54.5 Å². The summed E-state index contributed by atoms with van der Waals surface area (Å²) in [4.78, 5) is 22.4. The van der Waals surface area contributed by atoms with Gasteiger partial charge in [-0.15, -0.1) is 0 Å². The highest BCUT2D eigenvalue weighted by molar-refractivity contribution is 9.12. The van der Waals surface area contributed by atoms with Gasteiger partial charge in [-0.3, -0.25) is 14.9 Å². The number of thioether (sulfide) groups is 1. The number of halogens is 2. The van der Waals surface area contributed by atoms with Crippen molar-refractivity contribution in [1.82, 2.24) is 5.32 Å². The zero-order chi connectivity index (χ0) is 13.5. The van der Waals surface area contributed by atoms with E-state index in [9.17, 15) is 14.9 Å². The van der Waals surface area contributed by atoms with E-state index in [0.717, 1.165) is 17.1 Å². The molecule has 0 saturated heterocycles. The lowest BCUT2D eigenvalue weighted by molar-refractivity contribution is -0.384. The second-order valence-corrected chi connectivity index (χ2v) is 6.26. The number of carbonyl (C=O) groups excluding carboxylic acids is 1. The number of hydrogen-bond donors (Lipinski definition) is 1. The minimum atomic E-state index is -0.472. The Labute approximate surface area is 125 Å². The van der Waals surface area contributed by atoms with E-state index in [4.69, 9.17) is 0 Å². The van der Waals surface area contributed by atoms with Crippen molar-refractivity contribution in [2.75, 3.05) is 11.9 Å². The number of rotatable bonds is 5. The SMILES string of the molecule is O=C(NCC(Br)CBr)Sc1ccc([N+](=O)[O-])cc1. The lowest BCUT2D eigenvalue weighted by Crippen LogP contribution is -2.26. The summed E-state index contributed by atoms with van der Waals surface area (Å²) >= 11 is 7.66. The van der Waals surface area contributed by atoms with Crippen molar-refractivity contribution in [3.8, 4) is 0 Å². The van der Waals surface area contributed by atoms with Crippen molar-refractivity contribution < 1.29 is 9.72 Å². The predicted molar refractivity (Wildman–Crippen MR) is 78.9 cm³/mol. The Hall–Kier alpha value is -0.600. The smallest absolute Gasteiger partial charge is 0.283 e. The minimum Gasteiger partial charge on any atom is -0.346 e. The van der Waals surface area contributed by atoms with E-state index in [2.05, 4.69) is 37.2 Å². The molecule has 8 heteroatoms. The average molecular weight is 398 g/mol. The van der Waals surface area contributed by atoms with Gasteiger partial charge in [0, 0.05) is 33.7 Å². The summed E-state index contributed by atoms with van der Waals surface area (Å²) in [6.45, 7) is 0.518. The van der Waals surface area contributed by atoms with Crippen molar-refractivity contribution in [2.24, 2.45) is 0 Å². The monoisotopic (exact) mass is 396 g/mol. The predicted octanol–water partition coefficient (Wildman–Crippen LogP) is 3.55. The lowest BCUT2D eigenvalue weighted by atomic mass is 10.3. The van der Waals surface area contributed by atoms with Gasteiger partial charge in [0.05, 0.1) is 4.92 Å².